The van der Waals surface area contributed by atoms with E-state index >= 15 is 0 Å². The van der Waals surface area contributed by atoms with Crippen LogP contribution in [-0.4, -0.2) is 31.4 Å². The lowest BCUT2D eigenvalue weighted by atomic mass is 9.95. The van der Waals surface area contributed by atoms with Gasteiger partial charge in [-0.15, -0.1) is 0 Å². The maximum absolute atomic E-state index is 13.6. The third-order valence-electron chi connectivity index (χ3n) is 6.06. The standard InChI is InChI=1S/C31H28N2O4/c1-4-37-31(36)25-17-9-11-20-27(25)33(3)30(35)24-16-8-10-19-26(24)32-29(34)28-21(2)13-12-18-23(28)22-14-6-5-7-15-22/h5-20H,4H2,1-3H3,(H,32,34). The van der Waals surface area contributed by atoms with Gasteiger partial charge in [0.25, 0.3) is 11.8 Å². The number of amides is 2. The molecule has 2 amide bonds. The molecule has 0 saturated heterocycles. The minimum atomic E-state index is -0.507. The first-order chi connectivity index (χ1) is 17.9. The van der Waals surface area contributed by atoms with E-state index in [1.54, 1.807) is 62.5 Å². The zero-order chi connectivity index (χ0) is 26.4. The average Bonchev–Trinajstić information content (AvgIpc) is 2.93. The molecule has 0 aliphatic rings. The Morgan fingerprint density at radius 3 is 2.16 bits per heavy atom. The predicted octanol–water partition coefficient (Wildman–Crippen LogP) is 6.37. The van der Waals surface area contributed by atoms with Crippen LogP contribution in [0.2, 0.25) is 0 Å². The van der Waals surface area contributed by atoms with Crippen molar-refractivity contribution in [2.24, 2.45) is 0 Å². The van der Waals surface area contributed by atoms with E-state index in [4.69, 9.17) is 4.74 Å². The molecule has 0 aliphatic carbocycles. The molecule has 6 heteroatoms. The van der Waals surface area contributed by atoms with E-state index < -0.39 is 5.97 Å². The van der Waals surface area contributed by atoms with Gasteiger partial charge in [0, 0.05) is 7.05 Å². The Morgan fingerprint density at radius 2 is 1.43 bits per heavy atom. The Hall–Kier alpha value is -4.71. The maximum atomic E-state index is 13.6. The Labute approximate surface area is 216 Å². The van der Waals surface area contributed by atoms with Crippen LogP contribution in [0.5, 0.6) is 0 Å². The van der Waals surface area contributed by atoms with Gasteiger partial charge in [0.15, 0.2) is 0 Å². The summed E-state index contributed by atoms with van der Waals surface area (Å²) >= 11 is 0. The van der Waals surface area contributed by atoms with Crippen molar-refractivity contribution < 1.29 is 19.1 Å². The van der Waals surface area contributed by atoms with Gasteiger partial charge in [-0.25, -0.2) is 4.79 Å². The maximum Gasteiger partial charge on any atom is 0.340 e. The topological polar surface area (TPSA) is 75.7 Å². The van der Waals surface area contributed by atoms with Gasteiger partial charge in [0.1, 0.15) is 0 Å². The smallest absolute Gasteiger partial charge is 0.340 e. The van der Waals surface area contributed by atoms with Crippen molar-refractivity contribution in [2.45, 2.75) is 13.8 Å². The molecule has 0 aliphatic heterocycles. The molecule has 186 valence electrons. The number of para-hydroxylation sites is 2. The van der Waals surface area contributed by atoms with Crippen molar-refractivity contribution in [3.05, 3.63) is 119 Å². The number of hydrogen-bond acceptors (Lipinski definition) is 4. The second-order valence-electron chi connectivity index (χ2n) is 8.46. The molecule has 0 heterocycles. The number of hydrogen-bond donors (Lipinski definition) is 1. The van der Waals surface area contributed by atoms with E-state index in [1.807, 2.05) is 55.5 Å². The van der Waals surface area contributed by atoms with Gasteiger partial charge >= 0.3 is 5.97 Å². The van der Waals surface area contributed by atoms with Gasteiger partial charge < -0.3 is 15.0 Å². The Kier molecular flexibility index (Phi) is 7.79. The van der Waals surface area contributed by atoms with Gasteiger partial charge in [0.05, 0.1) is 34.7 Å². The highest BCUT2D eigenvalue weighted by Gasteiger charge is 2.23. The Balaban J connectivity index is 1.67. The van der Waals surface area contributed by atoms with E-state index in [2.05, 4.69) is 5.32 Å². The molecule has 4 aromatic rings. The first-order valence-electron chi connectivity index (χ1n) is 12.0. The zero-order valence-corrected chi connectivity index (χ0v) is 21.0. The fraction of sp³-hybridized carbons (Fsp3) is 0.129. The third-order valence-corrected chi connectivity index (χ3v) is 6.06. The fourth-order valence-corrected chi connectivity index (χ4v) is 4.23. The molecule has 0 fully saturated rings. The first-order valence-corrected chi connectivity index (χ1v) is 12.0. The molecule has 4 aromatic carbocycles. The summed E-state index contributed by atoms with van der Waals surface area (Å²) < 4.78 is 5.15. The highest BCUT2D eigenvalue weighted by molar-refractivity contribution is 6.16. The van der Waals surface area contributed by atoms with Gasteiger partial charge in [-0.1, -0.05) is 72.8 Å². The molecule has 0 aromatic heterocycles. The van der Waals surface area contributed by atoms with Crippen LogP contribution in [0.15, 0.2) is 97.1 Å². The molecule has 1 N–H and O–H groups in total. The highest BCUT2D eigenvalue weighted by Crippen LogP contribution is 2.29. The third kappa shape index (κ3) is 5.43. The van der Waals surface area contributed by atoms with Crippen molar-refractivity contribution >= 4 is 29.2 Å². The van der Waals surface area contributed by atoms with E-state index in [-0.39, 0.29) is 24.0 Å². The van der Waals surface area contributed by atoms with Crippen LogP contribution in [0.1, 0.15) is 43.6 Å². The van der Waals surface area contributed by atoms with Crippen LogP contribution in [0.25, 0.3) is 11.1 Å². The highest BCUT2D eigenvalue weighted by atomic mass is 16.5. The number of esters is 1. The van der Waals surface area contributed by atoms with Crippen molar-refractivity contribution in [1.82, 2.24) is 0 Å². The van der Waals surface area contributed by atoms with Crippen LogP contribution >= 0.6 is 0 Å². The number of anilines is 2. The summed E-state index contributed by atoms with van der Waals surface area (Å²) in [4.78, 5) is 41.0. The zero-order valence-electron chi connectivity index (χ0n) is 21.0. The SMILES string of the molecule is CCOC(=O)c1ccccc1N(C)C(=O)c1ccccc1NC(=O)c1c(C)cccc1-c1ccccc1. The molecule has 0 bridgehead atoms. The molecule has 0 saturated carbocycles. The number of nitrogens with zero attached hydrogens (tertiary/aromatic N) is 1. The van der Waals surface area contributed by atoms with Gasteiger partial charge in [-0.3, -0.25) is 9.59 Å². The van der Waals surface area contributed by atoms with Crippen molar-refractivity contribution in [2.75, 3.05) is 23.9 Å². The Morgan fingerprint density at radius 1 is 0.784 bits per heavy atom. The van der Waals surface area contributed by atoms with Crippen LogP contribution < -0.4 is 10.2 Å². The number of benzene rings is 4. The minimum absolute atomic E-state index is 0.226. The molecule has 0 spiro atoms. The van der Waals surface area contributed by atoms with E-state index in [0.717, 1.165) is 16.7 Å². The number of nitrogens with one attached hydrogen (secondary N) is 1. The summed E-state index contributed by atoms with van der Waals surface area (Å²) in [6.45, 7) is 3.84. The number of rotatable bonds is 7. The van der Waals surface area contributed by atoms with Crippen LogP contribution in [0.3, 0.4) is 0 Å². The normalized spacial score (nSPS) is 10.5. The summed E-state index contributed by atoms with van der Waals surface area (Å²) in [5, 5.41) is 2.94. The van der Waals surface area contributed by atoms with Gasteiger partial charge in [0.2, 0.25) is 0 Å². The second-order valence-corrected chi connectivity index (χ2v) is 8.46. The number of aryl methyl sites for hydroxylation is 1. The number of carbonyl (C=O) groups is 3. The predicted molar refractivity (Wildman–Crippen MR) is 146 cm³/mol. The van der Waals surface area contributed by atoms with E-state index in [1.165, 1.54) is 4.90 Å². The Bertz CT molecular complexity index is 1450. The summed E-state index contributed by atoms with van der Waals surface area (Å²) in [6.07, 6.45) is 0. The fourth-order valence-electron chi connectivity index (χ4n) is 4.23. The summed E-state index contributed by atoms with van der Waals surface area (Å²) in [7, 11) is 1.59. The largest absolute Gasteiger partial charge is 0.462 e. The molecular formula is C31H28N2O4. The molecule has 0 radical (unpaired) electrons. The first kappa shape index (κ1) is 25.4. The van der Waals surface area contributed by atoms with Gasteiger partial charge in [-0.05, 0) is 54.8 Å². The van der Waals surface area contributed by atoms with Crippen molar-refractivity contribution in [3.63, 3.8) is 0 Å². The van der Waals surface area contributed by atoms with Crippen LogP contribution in [0, 0.1) is 6.92 Å². The average molecular weight is 493 g/mol. The summed E-state index contributed by atoms with van der Waals surface area (Å²) in [5.41, 5.74) is 4.47. The summed E-state index contributed by atoms with van der Waals surface area (Å²) in [6, 6.07) is 29.0. The monoisotopic (exact) mass is 492 g/mol. The number of carbonyl (C=O) groups excluding carboxylic acids is 3. The summed E-state index contributed by atoms with van der Waals surface area (Å²) in [5.74, 6) is -1.19. The molecule has 4 rings (SSSR count). The van der Waals surface area contributed by atoms with Crippen LogP contribution in [-0.2, 0) is 4.74 Å². The molecule has 0 atom stereocenters. The lowest BCUT2D eigenvalue weighted by Gasteiger charge is -2.22. The van der Waals surface area contributed by atoms with Crippen molar-refractivity contribution in [1.29, 1.82) is 0 Å². The molecular weight excluding hydrogens is 464 g/mol. The van der Waals surface area contributed by atoms with E-state index in [0.29, 0.717) is 22.5 Å². The van der Waals surface area contributed by atoms with Crippen LogP contribution in [0.4, 0.5) is 11.4 Å². The number of ether oxygens (including phenoxy) is 1. The molecule has 37 heavy (non-hydrogen) atoms. The lowest BCUT2D eigenvalue weighted by molar-refractivity contribution is 0.0527. The lowest BCUT2D eigenvalue weighted by Crippen LogP contribution is -2.29. The van der Waals surface area contributed by atoms with Crippen molar-refractivity contribution in [3.8, 4) is 11.1 Å². The van der Waals surface area contributed by atoms with E-state index in [9.17, 15) is 14.4 Å². The second kappa shape index (κ2) is 11.4. The molecule has 6 nitrogen and oxygen atoms in total. The quantitative estimate of drug-likeness (QED) is 0.304. The molecule has 0 unspecified atom stereocenters. The minimum Gasteiger partial charge on any atom is -0.462 e. The van der Waals surface area contributed by atoms with Gasteiger partial charge in [-0.2, -0.15) is 0 Å².